The Labute approximate surface area is 217 Å². The van der Waals surface area contributed by atoms with Crippen molar-refractivity contribution in [2.45, 2.75) is 19.6 Å². The normalized spacial score (nSPS) is 11.1. The lowest BCUT2D eigenvalue weighted by Crippen LogP contribution is -1.99. The number of nitrogens with zero attached hydrogens (tertiary/aromatic N) is 3. The van der Waals surface area contributed by atoms with Crippen LogP contribution in [0.3, 0.4) is 0 Å². The molecule has 0 atom stereocenters. The van der Waals surface area contributed by atoms with Gasteiger partial charge in [0.05, 0.1) is 17.1 Å². The highest BCUT2D eigenvalue weighted by Gasteiger charge is 2.11. The molecule has 188 valence electrons. The minimum Gasteiger partial charge on any atom is -0.487 e. The molecule has 0 aliphatic rings. The highest BCUT2D eigenvalue weighted by molar-refractivity contribution is 6.32. The highest BCUT2D eigenvalue weighted by atomic mass is 35.5. The van der Waals surface area contributed by atoms with E-state index in [0.29, 0.717) is 34.3 Å². The van der Waals surface area contributed by atoms with Gasteiger partial charge in [-0.15, -0.1) is 0 Å². The second kappa shape index (κ2) is 11.0. The Bertz CT molecular complexity index is 1560. The Kier molecular flexibility index (Phi) is 7.32. The van der Waals surface area contributed by atoms with Crippen molar-refractivity contribution in [1.29, 1.82) is 0 Å². The number of hydrogen-bond donors (Lipinski definition) is 3. The van der Waals surface area contributed by atoms with Gasteiger partial charge in [0, 0.05) is 35.8 Å². The summed E-state index contributed by atoms with van der Waals surface area (Å²) >= 11 is 6.46. The van der Waals surface area contributed by atoms with Gasteiger partial charge in [0.2, 0.25) is 0 Å². The quantitative estimate of drug-likeness (QED) is 0.236. The highest BCUT2D eigenvalue weighted by Crippen LogP contribution is 2.31. The van der Waals surface area contributed by atoms with E-state index in [4.69, 9.17) is 16.3 Å². The molecule has 0 saturated carbocycles. The number of anilines is 2. The van der Waals surface area contributed by atoms with E-state index in [0.717, 1.165) is 27.7 Å². The fraction of sp³-hybridized carbons (Fsp3) is 0.143. The predicted molar refractivity (Wildman–Crippen MR) is 141 cm³/mol. The smallest absolute Gasteiger partial charge is 0.141 e. The van der Waals surface area contributed by atoms with Crippen molar-refractivity contribution in [1.82, 2.24) is 14.5 Å². The van der Waals surface area contributed by atoms with Crippen LogP contribution < -0.4 is 10.1 Å². The SMILES string of the molecule is OCCc1cn(-c2ccc3ncnc(Nc4ccc(OCc5cccc(F)c5)c(Cl)c4)c3c2)cc1CO. The first-order valence-electron chi connectivity index (χ1n) is 11.6. The summed E-state index contributed by atoms with van der Waals surface area (Å²) in [7, 11) is 0. The summed E-state index contributed by atoms with van der Waals surface area (Å²) < 4.78 is 21.1. The molecule has 9 heteroatoms. The van der Waals surface area contributed by atoms with Gasteiger partial charge in [0.15, 0.2) is 0 Å². The fourth-order valence-electron chi connectivity index (χ4n) is 4.10. The summed E-state index contributed by atoms with van der Waals surface area (Å²) in [5.41, 5.74) is 4.70. The summed E-state index contributed by atoms with van der Waals surface area (Å²) in [6.45, 7) is 0.101. The maximum Gasteiger partial charge on any atom is 0.141 e. The molecule has 5 aromatic rings. The molecular weight excluding hydrogens is 495 g/mol. The summed E-state index contributed by atoms with van der Waals surface area (Å²) in [6, 6.07) is 17.3. The number of benzene rings is 3. The van der Waals surface area contributed by atoms with Gasteiger partial charge in [0.25, 0.3) is 0 Å². The van der Waals surface area contributed by atoms with Gasteiger partial charge in [-0.3, -0.25) is 0 Å². The number of ether oxygens (including phenoxy) is 1. The van der Waals surface area contributed by atoms with E-state index in [1.165, 1.54) is 18.5 Å². The van der Waals surface area contributed by atoms with Crippen LogP contribution in [-0.2, 0) is 19.6 Å². The van der Waals surface area contributed by atoms with E-state index in [-0.39, 0.29) is 25.6 Å². The number of aliphatic hydroxyl groups is 2. The summed E-state index contributed by atoms with van der Waals surface area (Å²) in [4.78, 5) is 8.80. The van der Waals surface area contributed by atoms with Crippen molar-refractivity contribution in [2.24, 2.45) is 0 Å². The fourth-order valence-corrected chi connectivity index (χ4v) is 4.34. The molecule has 37 heavy (non-hydrogen) atoms. The molecule has 2 aromatic heterocycles. The zero-order valence-electron chi connectivity index (χ0n) is 19.7. The molecule has 3 aromatic carbocycles. The molecule has 0 aliphatic heterocycles. The van der Waals surface area contributed by atoms with E-state index < -0.39 is 0 Å². The monoisotopic (exact) mass is 518 g/mol. The maximum absolute atomic E-state index is 13.4. The number of aromatic nitrogens is 3. The minimum atomic E-state index is -0.316. The average molecular weight is 519 g/mol. The third-order valence-electron chi connectivity index (χ3n) is 5.95. The van der Waals surface area contributed by atoms with Crippen LogP contribution in [0.5, 0.6) is 5.75 Å². The first-order valence-corrected chi connectivity index (χ1v) is 12.0. The number of halogens is 2. The summed E-state index contributed by atoms with van der Waals surface area (Å²) in [6.07, 6.45) is 5.71. The topological polar surface area (TPSA) is 92.4 Å². The number of aliphatic hydroxyl groups excluding tert-OH is 2. The second-order valence-corrected chi connectivity index (χ2v) is 8.87. The van der Waals surface area contributed by atoms with E-state index in [1.54, 1.807) is 24.3 Å². The molecule has 0 fully saturated rings. The molecule has 0 saturated heterocycles. The largest absolute Gasteiger partial charge is 0.487 e. The third-order valence-corrected chi connectivity index (χ3v) is 6.24. The van der Waals surface area contributed by atoms with Crippen LogP contribution in [0.25, 0.3) is 16.6 Å². The number of hydrogen-bond acceptors (Lipinski definition) is 6. The first-order chi connectivity index (χ1) is 18.0. The van der Waals surface area contributed by atoms with Crippen LogP contribution in [0.4, 0.5) is 15.9 Å². The molecule has 0 radical (unpaired) electrons. The van der Waals surface area contributed by atoms with E-state index in [9.17, 15) is 14.6 Å². The zero-order chi connectivity index (χ0) is 25.8. The lowest BCUT2D eigenvalue weighted by molar-refractivity contribution is 0.276. The lowest BCUT2D eigenvalue weighted by Gasteiger charge is -2.13. The molecular formula is C28H24ClFN4O3. The van der Waals surface area contributed by atoms with Gasteiger partial charge >= 0.3 is 0 Å². The first kappa shape index (κ1) is 24.7. The van der Waals surface area contributed by atoms with Gasteiger partial charge in [0.1, 0.15) is 30.3 Å². The molecule has 0 spiro atoms. The molecule has 0 aliphatic carbocycles. The lowest BCUT2D eigenvalue weighted by atomic mass is 10.1. The van der Waals surface area contributed by atoms with Crippen molar-refractivity contribution in [2.75, 3.05) is 11.9 Å². The molecule has 7 nitrogen and oxygen atoms in total. The average Bonchev–Trinajstić information content (AvgIpc) is 3.31. The van der Waals surface area contributed by atoms with Crippen molar-refractivity contribution < 1.29 is 19.3 Å². The minimum absolute atomic E-state index is 0.00778. The Morgan fingerprint density at radius 2 is 1.84 bits per heavy atom. The van der Waals surface area contributed by atoms with Crippen LogP contribution in [0.15, 0.2) is 79.4 Å². The Hall–Kier alpha value is -3.98. The van der Waals surface area contributed by atoms with Crippen molar-refractivity contribution >= 4 is 34.0 Å². The van der Waals surface area contributed by atoms with E-state index in [1.807, 2.05) is 41.2 Å². The summed E-state index contributed by atoms with van der Waals surface area (Å²) in [5.74, 6) is 0.766. The van der Waals surface area contributed by atoms with Gasteiger partial charge in [-0.1, -0.05) is 23.7 Å². The third kappa shape index (κ3) is 5.56. The molecule has 3 N–H and O–H groups in total. The van der Waals surface area contributed by atoms with E-state index >= 15 is 0 Å². The maximum atomic E-state index is 13.4. The van der Waals surface area contributed by atoms with Gasteiger partial charge in [-0.2, -0.15) is 0 Å². The van der Waals surface area contributed by atoms with Crippen LogP contribution in [0.2, 0.25) is 5.02 Å². The standard InChI is InChI=1S/C28H24ClFN4O3/c29-25-11-22(4-7-27(25)37-16-18-2-1-3-21(30)10-18)33-28-24-12-23(5-6-26(24)31-17-32-28)34-13-19(8-9-35)20(14-34)15-36/h1-7,10-14,17,35-36H,8-9,15-16H2,(H,31,32,33). The molecule has 5 rings (SSSR count). The predicted octanol–water partition coefficient (Wildman–Crippen LogP) is 5.56. The van der Waals surface area contributed by atoms with Crippen LogP contribution in [-0.4, -0.2) is 31.4 Å². The van der Waals surface area contributed by atoms with Gasteiger partial charge in [-0.05, 0) is 71.6 Å². The molecule has 0 unspecified atom stereocenters. The molecule has 2 heterocycles. The van der Waals surface area contributed by atoms with Gasteiger partial charge in [-0.25, -0.2) is 14.4 Å². The Morgan fingerprint density at radius 1 is 0.973 bits per heavy atom. The van der Waals surface area contributed by atoms with Gasteiger partial charge < -0.3 is 24.8 Å². The zero-order valence-corrected chi connectivity index (χ0v) is 20.5. The Balaban J connectivity index is 1.39. The number of nitrogens with one attached hydrogen (secondary N) is 1. The number of rotatable bonds is 9. The van der Waals surface area contributed by atoms with Crippen molar-refractivity contribution in [3.05, 3.63) is 107 Å². The Morgan fingerprint density at radius 3 is 2.62 bits per heavy atom. The number of fused-ring (bicyclic) bond motifs is 1. The van der Waals surface area contributed by atoms with Crippen LogP contribution >= 0.6 is 11.6 Å². The molecule has 0 amide bonds. The van der Waals surface area contributed by atoms with Crippen LogP contribution in [0.1, 0.15) is 16.7 Å². The molecule has 0 bridgehead atoms. The second-order valence-electron chi connectivity index (χ2n) is 8.46. The van der Waals surface area contributed by atoms with Crippen molar-refractivity contribution in [3.63, 3.8) is 0 Å². The van der Waals surface area contributed by atoms with E-state index in [2.05, 4.69) is 15.3 Å². The summed E-state index contributed by atoms with van der Waals surface area (Å²) in [5, 5.41) is 23.5. The van der Waals surface area contributed by atoms with Crippen LogP contribution in [0, 0.1) is 5.82 Å². The van der Waals surface area contributed by atoms with Crippen molar-refractivity contribution in [3.8, 4) is 11.4 Å².